The molecule has 0 unspecified atom stereocenters. The molecule has 0 amide bonds. The summed E-state index contributed by atoms with van der Waals surface area (Å²) in [6.07, 6.45) is 0. The van der Waals surface area contributed by atoms with Crippen molar-refractivity contribution in [2.45, 2.75) is 0 Å². The second-order valence-electron chi connectivity index (χ2n) is 0.620. The second kappa shape index (κ2) is 4.28. The Kier molecular flexibility index (Phi) is 6.00. The van der Waals surface area contributed by atoms with Gasteiger partial charge in [-0.05, 0) is 0 Å². The first-order chi connectivity index (χ1) is 3.06. The Morgan fingerprint density at radius 1 is 1.50 bits per heavy atom. The summed E-state index contributed by atoms with van der Waals surface area (Å²) in [6, 6.07) is 0. The van der Waals surface area contributed by atoms with Gasteiger partial charge in [-0.1, -0.05) is 0 Å². The van der Waals surface area contributed by atoms with Gasteiger partial charge in [-0.3, -0.25) is 9.35 Å². The quantitative estimate of drug-likeness (QED) is 0.288. The average molecular weight is 150 g/mol. The van der Waals surface area contributed by atoms with Crippen molar-refractivity contribution in [2.24, 2.45) is 0 Å². The van der Waals surface area contributed by atoms with E-state index >= 15 is 0 Å². The van der Waals surface area contributed by atoms with E-state index in [0.29, 0.717) is 0 Å². The Hall–Kier alpha value is 0.380. The van der Waals surface area contributed by atoms with E-state index in [1.54, 1.807) is 0 Å². The van der Waals surface area contributed by atoms with Crippen LogP contribution in [0.4, 0.5) is 0 Å². The van der Waals surface area contributed by atoms with Gasteiger partial charge in [-0.15, -0.1) is 0 Å². The van der Waals surface area contributed by atoms with Gasteiger partial charge in [0.2, 0.25) is 0 Å². The molecule has 0 aliphatic heterocycles. The normalized spacial score (nSPS) is 9.12. The van der Waals surface area contributed by atoms with Crippen molar-refractivity contribution in [1.82, 2.24) is 0 Å². The van der Waals surface area contributed by atoms with E-state index in [1.807, 2.05) is 0 Å². The molecule has 0 radical (unpaired) electrons. The van der Waals surface area contributed by atoms with Crippen LogP contribution >= 0.6 is 0 Å². The Morgan fingerprint density at radius 3 is 1.88 bits per heavy atom. The van der Waals surface area contributed by atoms with Crippen LogP contribution in [-0.4, -0.2) is 49.0 Å². The van der Waals surface area contributed by atoms with Crippen LogP contribution in [0.3, 0.4) is 0 Å². The van der Waals surface area contributed by atoms with Gasteiger partial charge < -0.3 is 4.18 Å². The summed E-state index contributed by atoms with van der Waals surface area (Å²) in [5.74, 6) is 0. The third-order valence-corrected chi connectivity index (χ3v) is 0.483. The minimum absolute atomic E-state index is 0. The minimum atomic E-state index is -4.54. The molecule has 44 valence electrons. The van der Waals surface area contributed by atoms with E-state index in [4.69, 9.17) is 9.35 Å². The molecule has 1 N–H and O–H groups in total. The first-order valence-corrected chi connectivity index (χ1v) is 2.52. The second-order valence-corrected chi connectivity index (χ2v) is 1.67. The summed E-state index contributed by atoms with van der Waals surface area (Å²) in [7, 11) is -4.54. The van der Waals surface area contributed by atoms with E-state index < -0.39 is 10.4 Å². The summed E-state index contributed by atoms with van der Waals surface area (Å²) < 4.78 is 29.3. The zero-order chi connectivity index (χ0) is 5.91. The van der Waals surface area contributed by atoms with Crippen LogP contribution in [0.25, 0.3) is 0 Å². The van der Waals surface area contributed by atoms with Crippen molar-refractivity contribution in [3.05, 3.63) is 0 Å². The maximum atomic E-state index is 9.33. The molecule has 0 saturated carbocycles. The van der Waals surface area contributed by atoms with E-state index in [9.17, 15) is 8.42 Å². The molecule has 0 aromatic heterocycles. The van der Waals surface area contributed by atoms with Gasteiger partial charge in [-0.25, -0.2) is 0 Å². The van der Waals surface area contributed by atoms with Gasteiger partial charge in [0.25, 0.3) is 0 Å². The first kappa shape index (κ1) is 11.2. The van der Waals surface area contributed by atoms with Crippen LogP contribution in [0, 0.1) is 0 Å². The molecule has 0 atom stereocenters. The van der Waals surface area contributed by atoms with E-state index in [-0.39, 0.29) is 36.0 Å². The Morgan fingerprint density at radius 2 is 1.88 bits per heavy atom. The van der Waals surface area contributed by atoms with Crippen molar-refractivity contribution in [2.75, 3.05) is 0 Å². The number of carbonyl (C=O) groups excluding carboxylic acids is 1. The van der Waals surface area contributed by atoms with Crippen LogP contribution in [-0.2, 0) is 19.4 Å². The summed E-state index contributed by atoms with van der Waals surface area (Å²) >= 11 is 0. The molecule has 0 heterocycles. The van der Waals surface area contributed by atoms with Gasteiger partial charge in [0.15, 0.2) is 0 Å². The predicted molar refractivity (Wildman–Crippen MR) is 25.8 cm³/mol. The molecule has 0 spiro atoms. The van der Waals surface area contributed by atoms with Gasteiger partial charge in [-0.2, -0.15) is 8.42 Å². The fourth-order valence-corrected chi connectivity index (χ4v) is 0.149. The van der Waals surface area contributed by atoms with Crippen LogP contribution in [0.5, 0.6) is 0 Å². The van der Waals surface area contributed by atoms with E-state index in [1.165, 1.54) is 0 Å². The molecule has 0 aliphatic rings. The molecular formula is CH3NaO5S. The molecule has 0 aliphatic carbocycles. The molecule has 5 nitrogen and oxygen atoms in total. The maximum absolute atomic E-state index is 9.33. The monoisotopic (exact) mass is 150 g/mol. The van der Waals surface area contributed by atoms with Gasteiger partial charge in [0.05, 0.1) is 0 Å². The summed E-state index contributed by atoms with van der Waals surface area (Å²) in [5.41, 5.74) is 0. The number of hydrogen-bond acceptors (Lipinski definition) is 4. The molecule has 0 aromatic carbocycles. The van der Waals surface area contributed by atoms with Crippen LogP contribution < -0.4 is 0 Å². The van der Waals surface area contributed by atoms with E-state index in [2.05, 4.69) is 4.18 Å². The van der Waals surface area contributed by atoms with Gasteiger partial charge in [0.1, 0.15) is 0 Å². The predicted octanol–water partition coefficient (Wildman–Crippen LogP) is -1.69. The average Bonchev–Trinajstić information content (AvgIpc) is 1.30. The SMILES string of the molecule is O=COS(=O)(=O)O.[NaH]. The molecule has 0 aromatic rings. The van der Waals surface area contributed by atoms with Crippen molar-refractivity contribution in [1.29, 1.82) is 0 Å². The Bertz CT molecular complexity index is 146. The van der Waals surface area contributed by atoms with Crippen LogP contribution in [0.1, 0.15) is 0 Å². The summed E-state index contributed by atoms with van der Waals surface area (Å²) in [5, 5.41) is 0. The summed E-state index contributed by atoms with van der Waals surface area (Å²) in [6.45, 7) is -0.380. The molecule has 0 rings (SSSR count). The molecule has 7 heteroatoms. The third kappa shape index (κ3) is 9.63. The fourth-order valence-electron chi connectivity index (χ4n) is 0.0496. The first-order valence-electron chi connectivity index (χ1n) is 1.15. The topological polar surface area (TPSA) is 80.7 Å². The van der Waals surface area contributed by atoms with Crippen molar-refractivity contribution in [3.63, 3.8) is 0 Å². The van der Waals surface area contributed by atoms with Crippen molar-refractivity contribution < 1.29 is 21.9 Å². The molecule has 0 fully saturated rings. The molecular weight excluding hydrogens is 147 g/mol. The number of hydrogen-bond donors (Lipinski definition) is 1. The molecule has 8 heavy (non-hydrogen) atoms. The molecule has 0 bridgehead atoms. The van der Waals surface area contributed by atoms with Crippen LogP contribution in [0.15, 0.2) is 0 Å². The van der Waals surface area contributed by atoms with E-state index in [0.717, 1.165) is 0 Å². The molecule has 0 saturated heterocycles. The van der Waals surface area contributed by atoms with Gasteiger partial charge in [0, 0.05) is 0 Å². The number of carbonyl (C=O) groups is 1. The summed E-state index contributed by atoms with van der Waals surface area (Å²) in [4.78, 5) is 9.06. The fraction of sp³-hybridized carbons (Fsp3) is 0. The third-order valence-electron chi connectivity index (χ3n) is 0.161. The van der Waals surface area contributed by atoms with Crippen molar-refractivity contribution >= 4 is 46.4 Å². The zero-order valence-electron chi connectivity index (χ0n) is 3.07. The zero-order valence-corrected chi connectivity index (χ0v) is 3.88. The Labute approximate surface area is 68.3 Å². The van der Waals surface area contributed by atoms with Gasteiger partial charge >= 0.3 is 46.4 Å². The van der Waals surface area contributed by atoms with Crippen LogP contribution in [0.2, 0.25) is 0 Å². The van der Waals surface area contributed by atoms with Crippen molar-refractivity contribution in [3.8, 4) is 0 Å². The standard InChI is InChI=1S/CH2O5S.Na.H/c2-1-6-7(3,4)5;;/h1H,(H,3,4,5);;. The number of rotatable bonds is 2. The Balaban J connectivity index is 0.